The van der Waals surface area contributed by atoms with Crippen LogP contribution in [0.15, 0.2) is 0 Å². The Labute approximate surface area is 76.9 Å². The molecular formula is C2H7KOSi. The fraction of sp³-hybridized carbons (Fsp3) is 1.00. The van der Waals surface area contributed by atoms with Gasteiger partial charge in [-0.25, -0.2) is 0 Å². The van der Waals surface area contributed by atoms with Crippen LogP contribution in [0.2, 0.25) is 13.1 Å². The van der Waals surface area contributed by atoms with Gasteiger partial charge < -0.3 is 4.80 Å². The van der Waals surface area contributed by atoms with Gasteiger partial charge in [0.2, 0.25) is 0 Å². The molecule has 0 spiro atoms. The van der Waals surface area contributed by atoms with Crippen molar-refractivity contribution in [3.8, 4) is 0 Å². The maximum Gasteiger partial charge on any atom is 1.00 e. The van der Waals surface area contributed by atoms with Gasteiger partial charge in [0, 0.05) is 0 Å². The van der Waals surface area contributed by atoms with E-state index in [0.29, 0.717) is 0 Å². The van der Waals surface area contributed by atoms with Crippen LogP contribution < -0.4 is 51.4 Å². The normalized spacial score (nSPS) is 7.20. The number of hydrogen-bond donors (Lipinski definition) is 1. The van der Waals surface area contributed by atoms with E-state index in [-0.39, 0.29) is 51.4 Å². The third kappa shape index (κ3) is 25.7. The van der Waals surface area contributed by atoms with Crippen molar-refractivity contribution in [3.05, 3.63) is 0 Å². The molecule has 3 heteroatoms. The van der Waals surface area contributed by atoms with Crippen molar-refractivity contribution in [3.63, 3.8) is 0 Å². The van der Waals surface area contributed by atoms with E-state index in [4.69, 9.17) is 4.80 Å². The van der Waals surface area contributed by atoms with E-state index < -0.39 is 9.04 Å². The molecule has 1 nitrogen and oxygen atoms in total. The molecule has 0 rings (SSSR count). The van der Waals surface area contributed by atoms with E-state index in [1.807, 2.05) is 13.1 Å². The van der Waals surface area contributed by atoms with Crippen LogP contribution in [-0.2, 0) is 0 Å². The topological polar surface area (TPSA) is 20.2 Å². The van der Waals surface area contributed by atoms with Gasteiger partial charge in [-0.15, -0.1) is 9.04 Å². The van der Waals surface area contributed by atoms with Gasteiger partial charge in [-0.2, -0.15) is 13.1 Å². The third-order valence-electron chi connectivity index (χ3n) is 0. The molecule has 0 aliphatic rings. The second kappa shape index (κ2) is 5.81. The molecule has 26 valence electrons. The van der Waals surface area contributed by atoms with Crippen molar-refractivity contribution in [2.24, 2.45) is 0 Å². The summed E-state index contributed by atoms with van der Waals surface area (Å²) < 4.78 is 0. The predicted molar refractivity (Wildman–Crippen MR) is 19.7 cm³/mol. The van der Waals surface area contributed by atoms with E-state index in [9.17, 15) is 0 Å². The van der Waals surface area contributed by atoms with Crippen molar-refractivity contribution in [2.75, 3.05) is 0 Å². The zero-order chi connectivity index (χ0) is 3.58. The van der Waals surface area contributed by atoms with Gasteiger partial charge in [-0.05, 0) is 0 Å². The first-order valence-electron chi connectivity index (χ1n) is 1.22. The zero-order valence-corrected chi connectivity index (χ0v) is 8.07. The van der Waals surface area contributed by atoms with Gasteiger partial charge in [0.25, 0.3) is 0 Å². The molecule has 0 bridgehead atoms. The van der Waals surface area contributed by atoms with Gasteiger partial charge in [-0.3, -0.25) is 0 Å². The Kier molecular flexibility index (Phi) is 11.6. The van der Waals surface area contributed by atoms with Crippen LogP contribution in [0.25, 0.3) is 0 Å². The van der Waals surface area contributed by atoms with Crippen molar-refractivity contribution in [2.45, 2.75) is 13.1 Å². The van der Waals surface area contributed by atoms with Crippen LogP contribution in [0.5, 0.6) is 0 Å². The molecule has 0 aromatic rings. The van der Waals surface area contributed by atoms with Crippen molar-refractivity contribution in [1.82, 2.24) is 0 Å². The van der Waals surface area contributed by atoms with Crippen LogP contribution in [0.3, 0.4) is 0 Å². The Morgan fingerprint density at radius 3 is 1.40 bits per heavy atom. The first kappa shape index (κ1) is 9.94. The molecule has 0 saturated carbocycles. The van der Waals surface area contributed by atoms with E-state index in [0.717, 1.165) is 0 Å². The Bertz CT molecular complexity index is 14.4. The van der Waals surface area contributed by atoms with Crippen LogP contribution in [-0.4, -0.2) is 13.8 Å². The number of rotatable bonds is 0. The zero-order valence-electron chi connectivity index (χ0n) is 3.95. The Hall–Kier alpha value is 1.81. The summed E-state index contributed by atoms with van der Waals surface area (Å²) in [5.74, 6) is 0. The van der Waals surface area contributed by atoms with Gasteiger partial charge in [0.15, 0.2) is 0 Å². The Balaban J connectivity index is 0. The molecule has 0 fully saturated rings. The minimum Gasteiger partial charge on any atom is -0.601 e. The molecule has 0 aromatic heterocycles. The van der Waals surface area contributed by atoms with Crippen molar-refractivity contribution in [1.29, 1.82) is 0 Å². The smallest absolute Gasteiger partial charge is 0.601 e. The SMILES string of the molecule is C[Si-](C)O.[K+]. The maximum absolute atomic E-state index is 8.16. The average molecular weight is 114 g/mol. The summed E-state index contributed by atoms with van der Waals surface area (Å²) in [6.45, 7) is 3.65. The first-order chi connectivity index (χ1) is 1.73. The van der Waals surface area contributed by atoms with Crippen molar-refractivity contribution < 1.29 is 56.2 Å². The van der Waals surface area contributed by atoms with Gasteiger partial charge >= 0.3 is 51.4 Å². The summed E-state index contributed by atoms with van der Waals surface area (Å²) in [5, 5.41) is 0. The summed E-state index contributed by atoms with van der Waals surface area (Å²) in [4.78, 5) is 8.16. The van der Waals surface area contributed by atoms with Crippen LogP contribution in [0.1, 0.15) is 0 Å². The molecular weight excluding hydrogens is 107 g/mol. The largest absolute Gasteiger partial charge is 1.00 e. The molecule has 0 amide bonds. The fourth-order valence-electron chi connectivity index (χ4n) is 0. The van der Waals surface area contributed by atoms with E-state index >= 15 is 0 Å². The van der Waals surface area contributed by atoms with E-state index in [1.165, 1.54) is 0 Å². The first-order valence-corrected chi connectivity index (χ1v) is 3.67. The molecule has 0 aromatic carbocycles. The summed E-state index contributed by atoms with van der Waals surface area (Å²) >= 11 is 0. The summed E-state index contributed by atoms with van der Waals surface area (Å²) in [5.41, 5.74) is 0. The van der Waals surface area contributed by atoms with Gasteiger partial charge in [-0.1, -0.05) is 0 Å². The summed E-state index contributed by atoms with van der Waals surface area (Å²) in [6.07, 6.45) is 0. The van der Waals surface area contributed by atoms with E-state index in [2.05, 4.69) is 0 Å². The fourth-order valence-corrected chi connectivity index (χ4v) is 0. The molecule has 1 N–H and O–H groups in total. The quantitative estimate of drug-likeness (QED) is 0.338. The van der Waals surface area contributed by atoms with Gasteiger partial charge in [0.05, 0.1) is 0 Å². The molecule has 0 radical (unpaired) electrons. The predicted octanol–water partition coefficient (Wildman–Crippen LogP) is -2.77. The molecule has 0 unspecified atom stereocenters. The second-order valence-electron chi connectivity index (χ2n) is 0.947. The van der Waals surface area contributed by atoms with Gasteiger partial charge in [0.1, 0.15) is 0 Å². The molecule has 5 heavy (non-hydrogen) atoms. The summed E-state index contributed by atoms with van der Waals surface area (Å²) in [6, 6.07) is 0. The Morgan fingerprint density at radius 1 is 1.40 bits per heavy atom. The molecule has 0 saturated heterocycles. The van der Waals surface area contributed by atoms with Crippen LogP contribution >= 0.6 is 0 Å². The Morgan fingerprint density at radius 2 is 1.40 bits per heavy atom. The minimum atomic E-state index is -0.880. The maximum atomic E-state index is 8.16. The van der Waals surface area contributed by atoms with Crippen molar-refractivity contribution >= 4 is 9.04 Å². The van der Waals surface area contributed by atoms with Crippen LogP contribution in [0, 0.1) is 0 Å². The third-order valence-corrected chi connectivity index (χ3v) is 0. The minimum absolute atomic E-state index is 0. The molecule has 0 aliphatic heterocycles. The van der Waals surface area contributed by atoms with Crippen LogP contribution in [0.4, 0.5) is 0 Å². The summed E-state index contributed by atoms with van der Waals surface area (Å²) in [7, 11) is -0.880. The second-order valence-corrected chi connectivity index (χ2v) is 2.84. The monoisotopic (exact) mass is 114 g/mol. The average Bonchev–Trinajstić information content (AvgIpc) is 0.811. The molecule has 0 heterocycles. The van der Waals surface area contributed by atoms with E-state index in [1.54, 1.807) is 0 Å². The molecule has 0 aliphatic carbocycles. The number of hydrogen-bond acceptors (Lipinski definition) is 1. The molecule has 0 atom stereocenters. The standard InChI is InChI=1S/C2H7OSi.K/c1-4(2)3;/h3H,1-2H3;/q-1;+1.